The van der Waals surface area contributed by atoms with Crippen molar-refractivity contribution < 1.29 is 14.3 Å². The maximum absolute atomic E-state index is 12.5. The van der Waals surface area contributed by atoms with Gasteiger partial charge in [-0.15, -0.1) is 11.8 Å². The Bertz CT molecular complexity index is 574. The van der Waals surface area contributed by atoms with E-state index in [4.69, 9.17) is 10.5 Å². The molecular formula is C19H28N2O3S. The van der Waals surface area contributed by atoms with Crippen LogP contribution in [-0.2, 0) is 9.59 Å². The molecule has 0 aliphatic heterocycles. The Kier molecular flexibility index (Phi) is 8.12. The third kappa shape index (κ3) is 6.98. The van der Waals surface area contributed by atoms with Crippen molar-refractivity contribution in [1.29, 1.82) is 0 Å². The maximum Gasteiger partial charge on any atom is 0.237 e. The van der Waals surface area contributed by atoms with Gasteiger partial charge in [0, 0.05) is 11.4 Å². The highest BCUT2D eigenvalue weighted by atomic mass is 32.2. The van der Waals surface area contributed by atoms with Gasteiger partial charge in [-0.1, -0.05) is 38.2 Å². The Hall–Kier alpha value is -1.69. The number of amides is 2. The monoisotopic (exact) mass is 364 g/mol. The topological polar surface area (TPSA) is 72.6 Å². The molecule has 2 rings (SSSR count). The van der Waals surface area contributed by atoms with Crippen molar-refractivity contribution >= 4 is 23.6 Å². The fraction of sp³-hybridized carbons (Fsp3) is 0.579. The minimum Gasteiger partial charge on any atom is -0.497 e. The SMILES string of the molecule is COc1cccc(SCC(=O)N(CCC2CCCCC2)CC(N)=O)c1. The molecule has 0 unspecified atom stereocenters. The van der Waals surface area contributed by atoms with Gasteiger partial charge in [0.2, 0.25) is 11.8 Å². The molecule has 1 saturated carbocycles. The lowest BCUT2D eigenvalue weighted by Gasteiger charge is -2.26. The summed E-state index contributed by atoms with van der Waals surface area (Å²) in [5.41, 5.74) is 5.33. The number of carbonyl (C=O) groups is 2. The molecule has 1 aliphatic rings. The van der Waals surface area contributed by atoms with Gasteiger partial charge in [0.1, 0.15) is 5.75 Å². The zero-order valence-electron chi connectivity index (χ0n) is 14.9. The van der Waals surface area contributed by atoms with E-state index < -0.39 is 5.91 Å². The summed E-state index contributed by atoms with van der Waals surface area (Å²) >= 11 is 1.45. The molecular weight excluding hydrogens is 336 g/mol. The third-order valence-electron chi connectivity index (χ3n) is 4.63. The second-order valence-electron chi connectivity index (χ2n) is 6.54. The Labute approximate surface area is 154 Å². The summed E-state index contributed by atoms with van der Waals surface area (Å²) in [6, 6.07) is 7.62. The average Bonchev–Trinajstić information content (AvgIpc) is 2.64. The molecule has 0 aromatic heterocycles. The first-order chi connectivity index (χ1) is 12.1. The Morgan fingerprint density at radius 3 is 2.72 bits per heavy atom. The minimum absolute atomic E-state index is 0.00419. The normalized spacial score (nSPS) is 14.9. The predicted octanol–water partition coefficient (Wildman–Crippen LogP) is 3.07. The number of primary amides is 1. The van der Waals surface area contributed by atoms with E-state index in [1.807, 2.05) is 24.3 Å². The molecule has 6 heteroatoms. The largest absolute Gasteiger partial charge is 0.497 e. The van der Waals surface area contributed by atoms with Crippen LogP contribution in [0.25, 0.3) is 0 Å². The number of nitrogens with two attached hydrogens (primary N) is 1. The van der Waals surface area contributed by atoms with Gasteiger partial charge in [-0.3, -0.25) is 9.59 Å². The first-order valence-corrected chi connectivity index (χ1v) is 9.90. The van der Waals surface area contributed by atoms with Gasteiger partial charge in [0.15, 0.2) is 0 Å². The number of methoxy groups -OCH3 is 1. The molecule has 0 bridgehead atoms. The predicted molar refractivity (Wildman–Crippen MR) is 101 cm³/mol. The van der Waals surface area contributed by atoms with Crippen LogP contribution in [0.3, 0.4) is 0 Å². The van der Waals surface area contributed by atoms with Gasteiger partial charge < -0.3 is 15.4 Å². The summed E-state index contributed by atoms with van der Waals surface area (Å²) in [4.78, 5) is 26.5. The fourth-order valence-corrected chi connectivity index (χ4v) is 4.07. The van der Waals surface area contributed by atoms with Crippen LogP contribution in [0, 0.1) is 5.92 Å². The zero-order chi connectivity index (χ0) is 18.1. The molecule has 5 nitrogen and oxygen atoms in total. The van der Waals surface area contributed by atoms with Crippen LogP contribution in [0.4, 0.5) is 0 Å². The first kappa shape index (κ1) is 19.6. The molecule has 0 atom stereocenters. The van der Waals surface area contributed by atoms with Crippen molar-refractivity contribution in [3.8, 4) is 5.75 Å². The molecule has 1 aromatic rings. The van der Waals surface area contributed by atoms with Gasteiger partial charge in [0.05, 0.1) is 19.4 Å². The van der Waals surface area contributed by atoms with Crippen molar-refractivity contribution in [3.63, 3.8) is 0 Å². The molecule has 138 valence electrons. The summed E-state index contributed by atoms with van der Waals surface area (Å²) < 4.78 is 5.20. The molecule has 0 heterocycles. The van der Waals surface area contributed by atoms with E-state index in [-0.39, 0.29) is 12.5 Å². The summed E-state index contributed by atoms with van der Waals surface area (Å²) in [5.74, 6) is 1.24. The van der Waals surface area contributed by atoms with Crippen molar-refractivity contribution in [2.24, 2.45) is 11.7 Å². The Balaban J connectivity index is 1.86. The number of rotatable bonds is 9. The molecule has 1 aliphatic carbocycles. The minimum atomic E-state index is -0.455. The first-order valence-electron chi connectivity index (χ1n) is 8.91. The van der Waals surface area contributed by atoms with Gasteiger partial charge in [-0.2, -0.15) is 0 Å². The van der Waals surface area contributed by atoms with Crippen LogP contribution in [0.1, 0.15) is 38.5 Å². The molecule has 1 aromatic carbocycles. The van der Waals surface area contributed by atoms with E-state index in [2.05, 4.69) is 0 Å². The second-order valence-corrected chi connectivity index (χ2v) is 7.59. The third-order valence-corrected chi connectivity index (χ3v) is 5.61. The van der Waals surface area contributed by atoms with E-state index in [1.165, 1.54) is 43.9 Å². The van der Waals surface area contributed by atoms with Crippen molar-refractivity contribution in [2.45, 2.75) is 43.4 Å². The van der Waals surface area contributed by atoms with Crippen LogP contribution in [-0.4, -0.2) is 42.7 Å². The molecule has 1 fully saturated rings. The highest BCUT2D eigenvalue weighted by Gasteiger charge is 2.19. The number of nitrogens with zero attached hydrogens (tertiary/aromatic N) is 1. The second kappa shape index (κ2) is 10.3. The number of ether oxygens (including phenoxy) is 1. The lowest BCUT2D eigenvalue weighted by molar-refractivity contribution is -0.133. The fourth-order valence-electron chi connectivity index (χ4n) is 3.22. The Morgan fingerprint density at radius 2 is 2.04 bits per heavy atom. The van der Waals surface area contributed by atoms with Gasteiger partial charge in [-0.25, -0.2) is 0 Å². The number of hydrogen-bond donors (Lipinski definition) is 1. The zero-order valence-corrected chi connectivity index (χ0v) is 15.7. The summed E-state index contributed by atoms with van der Waals surface area (Å²) in [6.07, 6.45) is 7.30. The van der Waals surface area contributed by atoms with Gasteiger partial charge in [-0.05, 0) is 30.5 Å². The maximum atomic E-state index is 12.5. The standard InChI is InChI=1S/C19H28N2O3S/c1-24-16-8-5-9-17(12-16)25-14-19(23)21(13-18(20)22)11-10-15-6-3-2-4-7-15/h5,8-9,12,15H,2-4,6-7,10-11,13-14H2,1H3,(H2,20,22). The van der Waals surface area contributed by atoms with Crippen LogP contribution in [0.15, 0.2) is 29.2 Å². The van der Waals surface area contributed by atoms with Crippen LogP contribution < -0.4 is 10.5 Å². The van der Waals surface area contributed by atoms with Crippen LogP contribution in [0.2, 0.25) is 0 Å². The van der Waals surface area contributed by atoms with Crippen molar-refractivity contribution in [2.75, 3.05) is 26.0 Å². The number of thioether (sulfide) groups is 1. The van der Waals surface area contributed by atoms with E-state index in [9.17, 15) is 9.59 Å². The number of benzene rings is 1. The molecule has 25 heavy (non-hydrogen) atoms. The lowest BCUT2D eigenvalue weighted by atomic mass is 9.87. The number of carbonyl (C=O) groups excluding carboxylic acids is 2. The van der Waals surface area contributed by atoms with E-state index >= 15 is 0 Å². The Morgan fingerprint density at radius 1 is 1.28 bits per heavy atom. The smallest absolute Gasteiger partial charge is 0.237 e. The highest BCUT2D eigenvalue weighted by molar-refractivity contribution is 8.00. The molecule has 2 amide bonds. The molecule has 0 radical (unpaired) electrons. The summed E-state index contributed by atoms with van der Waals surface area (Å²) in [6.45, 7) is 0.620. The van der Waals surface area contributed by atoms with Crippen molar-refractivity contribution in [3.05, 3.63) is 24.3 Å². The molecule has 2 N–H and O–H groups in total. The number of hydrogen-bond acceptors (Lipinski definition) is 4. The quantitative estimate of drug-likeness (QED) is 0.684. The van der Waals surface area contributed by atoms with Crippen LogP contribution in [0.5, 0.6) is 5.75 Å². The lowest BCUT2D eigenvalue weighted by Crippen LogP contribution is -2.40. The van der Waals surface area contributed by atoms with Gasteiger partial charge in [0.25, 0.3) is 0 Å². The van der Waals surface area contributed by atoms with Crippen molar-refractivity contribution in [1.82, 2.24) is 4.90 Å². The van der Waals surface area contributed by atoms with Gasteiger partial charge >= 0.3 is 0 Å². The van der Waals surface area contributed by atoms with E-state index in [0.717, 1.165) is 17.1 Å². The van der Waals surface area contributed by atoms with Crippen LogP contribution >= 0.6 is 11.8 Å². The van der Waals surface area contributed by atoms with E-state index in [1.54, 1.807) is 12.0 Å². The average molecular weight is 365 g/mol. The summed E-state index contributed by atoms with van der Waals surface area (Å²) in [7, 11) is 1.62. The summed E-state index contributed by atoms with van der Waals surface area (Å²) in [5, 5.41) is 0. The highest BCUT2D eigenvalue weighted by Crippen LogP contribution is 2.27. The molecule has 0 saturated heterocycles. The molecule has 0 spiro atoms. The van der Waals surface area contributed by atoms with E-state index in [0.29, 0.717) is 18.2 Å².